The van der Waals surface area contributed by atoms with Crippen LogP contribution in [-0.4, -0.2) is 65.3 Å². The topological polar surface area (TPSA) is 94.4 Å². The van der Waals surface area contributed by atoms with Gasteiger partial charge in [0.05, 0.1) is 37.9 Å². The fourth-order valence-corrected chi connectivity index (χ4v) is 4.62. The highest BCUT2D eigenvalue weighted by Gasteiger charge is 2.20. The highest BCUT2D eigenvalue weighted by Crippen LogP contribution is 2.31. The Morgan fingerprint density at radius 1 is 1.15 bits per heavy atom. The SMILES string of the molecule is CCSc1nc(N2CCCCC2)c2cnn(CCNC(=O)c3cccc(OC)c3OC)c2n1. The van der Waals surface area contributed by atoms with E-state index in [-0.39, 0.29) is 5.91 Å². The molecule has 0 bridgehead atoms. The summed E-state index contributed by atoms with van der Waals surface area (Å²) in [6.45, 7) is 5.00. The van der Waals surface area contributed by atoms with Crippen LogP contribution in [0, 0.1) is 0 Å². The van der Waals surface area contributed by atoms with Crippen molar-refractivity contribution in [1.82, 2.24) is 25.1 Å². The van der Waals surface area contributed by atoms with Gasteiger partial charge in [-0.05, 0) is 37.1 Å². The van der Waals surface area contributed by atoms with E-state index in [4.69, 9.17) is 19.4 Å². The molecule has 2 aromatic heterocycles. The molecular formula is C23H30N6O3S. The number of fused-ring (bicyclic) bond motifs is 1. The summed E-state index contributed by atoms with van der Waals surface area (Å²) in [6, 6.07) is 5.24. The first-order valence-electron chi connectivity index (χ1n) is 11.3. The molecule has 176 valence electrons. The van der Waals surface area contributed by atoms with Gasteiger partial charge in [0.1, 0.15) is 5.82 Å². The summed E-state index contributed by atoms with van der Waals surface area (Å²) in [6.07, 6.45) is 5.45. The zero-order valence-corrected chi connectivity index (χ0v) is 20.2. The Morgan fingerprint density at radius 3 is 2.70 bits per heavy atom. The number of rotatable bonds is 9. The average molecular weight is 471 g/mol. The molecule has 0 unspecified atom stereocenters. The van der Waals surface area contributed by atoms with Crippen molar-refractivity contribution in [3.8, 4) is 11.5 Å². The van der Waals surface area contributed by atoms with Crippen molar-refractivity contribution in [2.24, 2.45) is 0 Å². The largest absolute Gasteiger partial charge is 0.493 e. The molecule has 0 spiro atoms. The maximum atomic E-state index is 12.8. The molecule has 1 fully saturated rings. The fourth-order valence-electron chi connectivity index (χ4n) is 4.06. The van der Waals surface area contributed by atoms with Gasteiger partial charge < -0.3 is 19.7 Å². The second kappa shape index (κ2) is 10.7. The van der Waals surface area contributed by atoms with Crippen LogP contribution in [-0.2, 0) is 6.54 Å². The van der Waals surface area contributed by atoms with Gasteiger partial charge >= 0.3 is 0 Å². The van der Waals surface area contributed by atoms with Crippen molar-refractivity contribution in [1.29, 1.82) is 0 Å². The Balaban J connectivity index is 1.52. The van der Waals surface area contributed by atoms with E-state index in [9.17, 15) is 4.79 Å². The highest BCUT2D eigenvalue weighted by molar-refractivity contribution is 7.99. The van der Waals surface area contributed by atoms with Gasteiger partial charge in [-0.15, -0.1) is 0 Å². The minimum absolute atomic E-state index is 0.229. The molecule has 1 saturated heterocycles. The lowest BCUT2D eigenvalue weighted by Crippen LogP contribution is -2.30. The first-order chi connectivity index (χ1) is 16.2. The maximum absolute atomic E-state index is 12.8. The molecule has 0 atom stereocenters. The number of nitrogens with one attached hydrogen (secondary N) is 1. The van der Waals surface area contributed by atoms with E-state index >= 15 is 0 Å². The third-order valence-corrected chi connectivity index (χ3v) is 6.37. The number of anilines is 1. The van der Waals surface area contributed by atoms with Crippen LogP contribution in [0.3, 0.4) is 0 Å². The van der Waals surface area contributed by atoms with Crippen LogP contribution in [0.2, 0.25) is 0 Å². The van der Waals surface area contributed by atoms with Crippen molar-refractivity contribution in [2.45, 2.75) is 37.9 Å². The van der Waals surface area contributed by atoms with Gasteiger partial charge in [0.15, 0.2) is 22.3 Å². The fraction of sp³-hybridized carbons (Fsp3) is 0.478. The molecule has 1 amide bonds. The van der Waals surface area contributed by atoms with Crippen LogP contribution in [0.4, 0.5) is 5.82 Å². The maximum Gasteiger partial charge on any atom is 0.255 e. The Bertz CT molecular complexity index is 1110. The number of piperidine rings is 1. The van der Waals surface area contributed by atoms with E-state index < -0.39 is 0 Å². The molecule has 4 rings (SSSR count). The van der Waals surface area contributed by atoms with Gasteiger partial charge in [-0.2, -0.15) is 5.10 Å². The van der Waals surface area contributed by atoms with Gasteiger partial charge in [0.25, 0.3) is 5.91 Å². The minimum atomic E-state index is -0.229. The molecule has 9 nitrogen and oxygen atoms in total. The minimum Gasteiger partial charge on any atom is -0.493 e. The summed E-state index contributed by atoms with van der Waals surface area (Å²) in [5, 5.41) is 9.23. The third-order valence-electron chi connectivity index (χ3n) is 5.64. The van der Waals surface area contributed by atoms with Gasteiger partial charge in [0, 0.05) is 19.6 Å². The number of ether oxygens (including phenoxy) is 2. The van der Waals surface area contributed by atoms with Crippen LogP contribution >= 0.6 is 11.8 Å². The van der Waals surface area contributed by atoms with Gasteiger partial charge in [-0.25, -0.2) is 14.6 Å². The Kier molecular flexibility index (Phi) is 7.54. The van der Waals surface area contributed by atoms with Crippen LogP contribution in [0.5, 0.6) is 11.5 Å². The average Bonchev–Trinajstić information content (AvgIpc) is 3.26. The third kappa shape index (κ3) is 5.00. The van der Waals surface area contributed by atoms with Gasteiger partial charge in [0.2, 0.25) is 0 Å². The molecule has 1 N–H and O–H groups in total. The van der Waals surface area contributed by atoms with E-state index in [1.54, 1.807) is 37.1 Å². The van der Waals surface area contributed by atoms with Crippen LogP contribution in [0.15, 0.2) is 29.6 Å². The summed E-state index contributed by atoms with van der Waals surface area (Å²) >= 11 is 1.63. The van der Waals surface area contributed by atoms with Crippen molar-refractivity contribution >= 4 is 34.5 Å². The van der Waals surface area contributed by atoms with E-state index in [2.05, 4.69) is 22.2 Å². The number of thioether (sulfide) groups is 1. The van der Waals surface area contributed by atoms with Gasteiger partial charge in [-0.3, -0.25) is 4.79 Å². The lowest BCUT2D eigenvalue weighted by atomic mass is 10.1. The molecule has 1 aliphatic rings. The zero-order valence-electron chi connectivity index (χ0n) is 19.3. The number of aromatic nitrogens is 4. The number of para-hydroxylation sites is 1. The number of hydrogen-bond acceptors (Lipinski definition) is 8. The number of methoxy groups -OCH3 is 2. The number of nitrogens with zero attached hydrogens (tertiary/aromatic N) is 5. The van der Waals surface area contributed by atoms with E-state index in [1.165, 1.54) is 26.4 Å². The van der Waals surface area contributed by atoms with Crippen LogP contribution < -0.4 is 19.7 Å². The van der Waals surface area contributed by atoms with E-state index in [0.717, 1.165) is 40.9 Å². The summed E-state index contributed by atoms with van der Waals surface area (Å²) in [5.41, 5.74) is 1.23. The standard InChI is InChI=1S/C23H30N6O3S/c1-4-33-23-26-20(28-12-6-5-7-13-28)17-15-25-29(21(17)27-23)14-11-24-22(30)16-9-8-10-18(31-2)19(16)32-3/h8-10,15H,4-7,11-14H2,1-3H3,(H,24,30). The monoisotopic (exact) mass is 470 g/mol. The van der Waals surface area contributed by atoms with Crippen molar-refractivity contribution < 1.29 is 14.3 Å². The molecule has 1 aliphatic heterocycles. The predicted molar refractivity (Wildman–Crippen MR) is 130 cm³/mol. The Hall–Kier alpha value is -3.01. The van der Waals surface area contributed by atoms with Crippen molar-refractivity contribution in [2.75, 3.05) is 44.5 Å². The second-order valence-electron chi connectivity index (χ2n) is 7.71. The zero-order chi connectivity index (χ0) is 23.2. The molecular weight excluding hydrogens is 440 g/mol. The molecule has 3 aromatic rings. The second-order valence-corrected chi connectivity index (χ2v) is 8.94. The summed E-state index contributed by atoms with van der Waals surface area (Å²) in [4.78, 5) is 24.7. The lowest BCUT2D eigenvalue weighted by molar-refractivity contribution is 0.0948. The Labute approximate surface area is 197 Å². The molecule has 1 aromatic carbocycles. The number of carbonyl (C=O) groups excluding carboxylic acids is 1. The van der Waals surface area contributed by atoms with E-state index in [1.807, 2.05) is 10.9 Å². The van der Waals surface area contributed by atoms with Crippen LogP contribution in [0.25, 0.3) is 11.0 Å². The first kappa shape index (κ1) is 23.2. The number of benzene rings is 1. The summed E-state index contributed by atoms with van der Waals surface area (Å²) in [5.74, 6) is 2.57. The molecule has 0 saturated carbocycles. The molecule has 0 aliphatic carbocycles. The number of hydrogen-bond donors (Lipinski definition) is 1. The predicted octanol–water partition coefficient (Wildman–Crippen LogP) is 3.38. The van der Waals surface area contributed by atoms with Gasteiger partial charge in [-0.1, -0.05) is 24.8 Å². The molecule has 3 heterocycles. The van der Waals surface area contributed by atoms with Crippen molar-refractivity contribution in [3.63, 3.8) is 0 Å². The normalized spacial score (nSPS) is 13.8. The lowest BCUT2D eigenvalue weighted by Gasteiger charge is -2.28. The quantitative estimate of drug-likeness (QED) is 0.376. The first-order valence-corrected chi connectivity index (χ1v) is 12.2. The molecule has 0 radical (unpaired) electrons. The Morgan fingerprint density at radius 2 is 1.97 bits per heavy atom. The highest BCUT2D eigenvalue weighted by atomic mass is 32.2. The number of carbonyl (C=O) groups is 1. The van der Waals surface area contributed by atoms with Crippen molar-refractivity contribution in [3.05, 3.63) is 30.0 Å². The summed E-state index contributed by atoms with van der Waals surface area (Å²) < 4.78 is 12.5. The molecule has 10 heteroatoms. The summed E-state index contributed by atoms with van der Waals surface area (Å²) in [7, 11) is 3.07. The molecule has 33 heavy (non-hydrogen) atoms. The smallest absolute Gasteiger partial charge is 0.255 e. The van der Waals surface area contributed by atoms with E-state index in [0.29, 0.717) is 30.2 Å². The van der Waals surface area contributed by atoms with Crippen LogP contribution in [0.1, 0.15) is 36.5 Å². The number of amides is 1.